The van der Waals surface area contributed by atoms with Gasteiger partial charge in [-0.2, -0.15) is 0 Å². The molecule has 2 aromatic carbocycles. The van der Waals surface area contributed by atoms with Gasteiger partial charge in [-0.1, -0.05) is 35.9 Å². The minimum Gasteiger partial charge on any atom is -0.383 e. The first-order valence-corrected chi connectivity index (χ1v) is 11.1. The van der Waals surface area contributed by atoms with Gasteiger partial charge in [-0.25, -0.2) is 8.42 Å². The van der Waals surface area contributed by atoms with Gasteiger partial charge in [0, 0.05) is 24.9 Å². The number of sulfone groups is 1. The molecule has 0 radical (unpaired) electrons. The summed E-state index contributed by atoms with van der Waals surface area (Å²) in [6.07, 6.45) is 0. The molecule has 0 bridgehead atoms. The number of ether oxygens (including phenoxy) is 1. The third-order valence-electron chi connectivity index (χ3n) is 5.16. The van der Waals surface area contributed by atoms with Crippen LogP contribution in [-0.4, -0.2) is 32.6 Å². The molecular weight excluding hydrogens is 400 g/mol. The Morgan fingerprint density at radius 2 is 1.63 bits per heavy atom. The van der Waals surface area contributed by atoms with E-state index < -0.39 is 9.84 Å². The molecular formula is C23H26N2O4S. The van der Waals surface area contributed by atoms with E-state index in [1.54, 1.807) is 61.1 Å². The minimum absolute atomic E-state index is 0.114. The van der Waals surface area contributed by atoms with Gasteiger partial charge in [0.15, 0.2) is 0 Å². The van der Waals surface area contributed by atoms with Crippen molar-refractivity contribution in [2.24, 2.45) is 0 Å². The smallest absolute Gasteiger partial charge is 0.256 e. The molecule has 1 aromatic heterocycles. The van der Waals surface area contributed by atoms with Crippen LogP contribution in [0.5, 0.6) is 0 Å². The number of amides is 1. The maximum Gasteiger partial charge on any atom is 0.256 e. The minimum atomic E-state index is -3.84. The first-order valence-electron chi connectivity index (χ1n) is 9.64. The van der Waals surface area contributed by atoms with Crippen LogP contribution in [-0.2, 0) is 21.1 Å². The molecule has 0 aliphatic carbocycles. The SMILES string of the molecule is COCCn1c(C)c(C)c(S(=O)(=O)c2ccccc2)c1NC(=O)c1ccc(C)cc1. The molecule has 0 saturated heterocycles. The number of hydrogen-bond donors (Lipinski definition) is 1. The zero-order chi connectivity index (χ0) is 21.9. The van der Waals surface area contributed by atoms with Gasteiger partial charge < -0.3 is 14.6 Å². The summed E-state index contributed by atoms with van der Waals surface area (Å²) in [5.41, 5.74) is 2.86. The molecule has 1 N–H and O–H groups in total. The number of aromatic nitrogens is 1. The van der Waals surface area contributed by atoms with Crippen molar-refractivity contribution in [3.63, 3.8) is 0 Å². The third kappa shape index (κ3) is 4.17. The molecule has 7 heteroatoms. The van der Waals surface area contributed by atoms with Crippen LogP contribution in [0.1, 0.15) is 27.2 Å². The standard InChI is InChI=1S/C23H26N2O4S/c1-16-10-12-19(13-11-16)23(26)24-22-21(17(2)18(3)25(22)14-15-29-4)30(27,28)20-8-6-5-7-9-20/h5-13H,14-15H2,1-4H3,(H,24,26). The predicted molar refractivity (Wildman–Crippen MR) is 117 cm³/mol. The monoisotopic (exact) mass is 426 g/mol. The zero-order valence-electron chi connectivity index (χ0n) is 17.6. The number of benzene rings is 2. The topological polar surface area (TPSA) is 77.4 Å². The molecule has 0 aliphatic heterocycles. The Kier molecular flexibility index (Phi) is 6.43. The number of rotatable bonds is 7. The van der Waals surface area contributed by atoms with Crippen molar-refractivity contribution >= 4 is 21.6 Å². The highest BCUT2D eigenvalue weighted by Crippen LogP contribution is 2.35. The lowest BCUT2D eigenvalue weighted by Crippen LogP contribution is -2.19. The van der Waals surface area contributed by atoms with E-state index >= 15 is 0 Å². The molecule has 0 atom stereocenters. The number of nitrogens with zero attached hydrogens (tertiary/aromatic N) is 1. The number of carbonyl (C=O) groups is 1. The Balaban J connectivity index is 2.15. The second kappa shape index (κ2) is 8.85. The molecule has 30 heavy (non-hydrogen) atoms. The average Bonchev–Trinajstić information content (AvgIpc) is 2.97. The van der Waals surface area contributed by atoms with Crippen LogP contribution in [0.4, 0.5) is 5.82 Å². The first kappa shape index (κ1) is 21.8. The molecule has 0 spiro atoms. The quantitative estimate of drug-likeness (QED) is 0.616. The van der Waals surface area contributed by atoms with E-state index in [4.69, 9.17) is 4.74 Å². The molecule has 3 rings (SSSR count). The van der Waals surface area contributed by atoms with Gasteiger partial charge in [0.25, 0.3) is 5.91 Å². The van der Waals surface area contributed by atoms with E-state index in [0.717, 1.165) is 11.3 Å². The Morgan fingerprint density at radius 3 is 2.23 bits per heavy atom. The summed E-state index contributed by atoms with van der Waals surface area (Å²) < 4.78 is 34.0. The van der Waals surface area contributed by atoms with Gasteiger partial charge in [0.1, 0.15) is 10.7 Å². The fourth-order valence-electron chi connectivity index (χ4n) is 3.35. The van der Waals surface area contributed by atoms with Crippen LogP contribution in [0.15, 0.2) is 64.4 Å². The highest BCUT2D eigenvalue weighted by atomic mass is 32.2. The van der Waals surface area contributed by atoms with Crippen LogP contribution in [0.2, 0.25) is 0 Å². The summed E-state index contributed by atoms with van der Waals surface area (Å²) in [6, 6.07) is 15.4. The van der Waals surface area contributed by atoms with Crippen LogP contribution in [0.3, 0.4) is 0 Å². The van der Waals surface area contributed by atoms with Gasteiger partial charge >= 0.3 is 0 Å². The number of hydrogen-bond acceptors (Lipinski definition) is 4. The number of nitrogens with one attached hydrogen (secondary N) is 1. The Hall–Kier alpha value is -2.90. The molecule has 1 heterocycles. The zero-order valence-corrected chi connectivity index (χ0v) is 18.4. The lowest BCUT2D eigenvalue weighted by Gasteiger charge is -2.14. The van der Waals surface area contributed by atoms with Gasteiger partial charge in [0.2, 0.25) is 9.84 Å². The van der Waals surface area contributed by atoms with Gasteiger partial charge in [-0.3, -0.25) is 4.79 Å². The van der Waals surface area contributed by atoms with E-state index in [-0.39, 0.29) is 21.5 Å². The van der Waals surface area contributed by atoms with E-state index in [0.29, 0.717) is 24.3 Å². The molecule has 3 aromatic rings. The molecule has 1 amide bonds. The largest absolute Gasteiger partial charge is 0.383 e. The van der Waals surface area contributed by atoms with E-state index in [2.05, 4.69) is 5.32 Å². The van der Waals surface area contributed by atoms with Gasteiger partial charge in [-0.15, -0.1) is 0 Å². The maximum absolute atomic E-state index is 13.5. The van der Waals surface area contributed by atoms with Crippen molar-refractivity contribution in [1.82, 2.24) is 4.57 Å². The van der Waals surface area contributed by atoms with E-state index in [9.17, 15) is 13.2 Å². The molecule has 0 fully saturated rings. The summed E-state index contributed by atoms with van der Waals surface area (Å²) in [5.74, 6) is -0.104. The molecule has 0 aliphatic rings. The van der Waals surface area contributed by atoms with Gasteiger partial charge in [0.05, 0.1) is 11.5 Å². The fourth-order valence-corrected chi connectivity index (χ4v) is 5.07. The number of carbonyl (C=O) groups excluding carboxylic acids is 1. The molecule has 0 saturated carbocycles. The predicted octanol–water partition coefficient (Wildman–Crippen LogP) is 4.14. The summed E-state index contributed by atoms with van der Waals surface area (Å²) in [6.45, 7) is 6.34. The third-order valence-corrected chi connectivity index (χ3v) is 7.09. The van der Waals surface area contributed by atoms with Crippen molar-refractivity contribution in [3.8, 4) is 0 Å². The fraction of sp³-hybridized carbons (Fsp3) is 0.261. The second-order valence-corrected chi connectivity index (χ2v) is 9.06. The van der Waals surface area contributed by atoms with Crippen LogP contribution < -0.4 is 5.32 Å². The normalized spacial score (nSPS) is 11.5. The van der Waals surface area contributed by atoms with Crippen LogP contribution >= 0.6 is 0 Å². The summed E-state index contributed by atoms with van der Waals surface area (Å²) >= 11 is 0. The van der Waals surface area contributed by atoms with E-state index in [1.165, 1.54) is 0 Å². The van der Waals surface area contributed by atoms with Crippen LogP contribution in [0, 0.1) is 20.8 Å². The highest BCUT2D eigenvalue weighted by molar-refractivity contribution is 7.91. The molecule has 158 valence electrons. The Morgan fingerprint density at radius 1 is 1.00 bits per heavy atom. The summed E-state index contributed by atoms with van der Waals surface area (Å²) in [7, 11) is -2.26. The number of methoxy groups -OCH3 is 1. The van der Waals surface area contributed by atoms with Gasteiger partial charge in [-0.05, 0) is 50.6 Å². The molecule has 0 unspecified atom stereocenters. The number of anilines is 1. The Bertz CT molecular complexity index is 1150. The highest BCUT2D eigenvalue weighted by Gasteiger charge is 2.30. The van der Waals surface area contributed by atoms with Crippen molar-refractivity contribution in [2.75, 3.05) is 19.0 Å². The summed E-state index contributed by atoms with van der Waals surface area (Å²) in [4.78, 5) is 13.2. The van der Waals surface area contributed by atoms with Crippen LogP contribution in [0.25, 0.3) is 0 Å². The lowest BCUT2D eigenvalue weighted by atomic mass is 10.1. The van der Waals surface area contributed by atoms with Crippen molar-refractivity contribution in [1.29, 1.82) is 0 Å². The molecule has 6 nitrogen and oxygen atoms in total. The Labute approximate surface area is 177 Å². The average molecular weight is 427 g/mol. The summed E-state index contributed by atoms with van der Waals surface area (Å²) in [5, 5.41) is 2.85. The van der Waals surface area contributed by atoms with Crippen molar-refractivity contribution < 1.29 is 17.9 Å². The maximum atomic E-state index is 13.5. The first-order chi connectivity index (χ1) is 14.3. The second-order valence-electron chi connectivity index (χ2n) is 7.17. The number of aryl methyl sites for hydroxylation is 1. The van der Waals surface area contributed by atoms with E-state index in [1.807, 2.05) is 26.0 Å². The lowest BCUT2D eigenvalue weighted by molar-refractivity contribution is 0.102. The van der Waals surface area contributed by atoms with Crippen molar-refractivity contribution in [2.45, 2.75) is 37.1 Å². The van der Waals surface area contributed by atoms with Crippen molar-refractivity contribution in [3.05, 3.63) is 77.0 Å².